The lowest BCUT2D eigenvalue weighted by atomic mass is 10.3. The summed E-state index contributed by atoms with van der Waals surface area (Å²) in [5.74, 6) is 0. The Morgan fingerprint density at radius 3 is 1.86 bits per heavy atom. The molecule has 0 aromatic carbocycles. The van der Waals surface area contributed by atoms with E-state index >= 15 is 0 Å². The van der Waals surface area contributed by atoms with E-state index in [-0.39, 0.29) is 6.04 Å². The molecule has 0 rings (SSSR count). The first-order valence-corrected chi connectivity index (χ1v) is 6.55. The van der Waals surface area contributed by atoms with Crippen LogP contribution >= 0.6 is 0 Å². The summed E-state index contributed by atoms with van der Waals surface area (Å²) in [6.07, 6.45) is 0. The third kappa shape index (κ3) is 5.57. The zero-order valence-corrected chi connectivity index (χ0v) is 10.5. The van der Waals surface area contributed by atoms with Gasteiger partial charge in [-0.1, -0.05) is 13.8 Å². The predicted octanol–water partition coefficient (Wildman–Crippen LogP) is 0.701. The minimum atomic E-state index is -3.17. The summed E-state index contributed by atoms with van der Waals surface area (Å²) in [7, 11) is -3.17. The summed E-state index contributed by atoms with van der Waals surface area (Å²) in [6, 6.07) is 0.271. The fourth-order valence-electron chi connectivity index (χ4n) is 0.956. The highest BCUT2D eigenvalue weighted by Gasteiger charge is 2.20. The van der Waals surface area contributed by atoms with E-state index in [1.54, 1.807) is 6.92 Å². The van der Waals surface area contributed by atoms with Gasteiger partial charge in [0.2, 0.25) is 10.0 Å². The highest BCUT2D eigenvalue weighted by atomic mass is 32.2. The Hall–Kier alpha value is -0.130. The summed E-state index contributed by atoms with van der Waals surface area (Å²) in [4.78, 5) is 0. The van der Waals surface area contributed by atoms with Gasteiger partial charge in [-0.25, -0.2) is 13.1 Å². The van der Waals surface area contributed by atoms with Crippen molar-refractivity contribution in [3.05, 3.63) is 0 Å². The predicted molar refractivity (Wildman–Crippen MR) is 59.8 cm³/mol. The number of hydrogen-bond acceptors (Lipinski definition) is 3. The van der Waals surface area contributed by atoms with Crippen molar-refractivity contribution in [3.63, 3.8) is 0 Å². The molecule has 0 heterocycles. The smallest absolute Gasteiger partial charge is 0.215 e. The molecule has 4 nitrogen and oxygen atoms in total. The summed E-state index contributed by atoms with van der Waals surface area (Å²) >= 11 is 0. The first-order chi connectivity index (χ1) is 6.25. The summed E-state index contributed by atoms with van der Waals surface area (Å²) in [5.41, 5.74) is 0. The first kappa shape index (κ1) is 13.9. The molecule has 1 unspecified atom stereocenters. The molecule has 0 aliphatic heterocycles. The summed E-state index contributed by atoms with van der Waals surface area (Å²) in [6.45, 7) is 9.82. The van der Waals surface area contributed by atoms with Crippen molar-refractivity contribution in [3.8, 4) is 0 Å². The number of sulfonamides is 1. The number of nitrogens with one attached hydrogen (secondary N) is 2. The van der Waals surface area contributed by atoms with Gasteiger partial charge >= 0.3 is 0 Å². The molecule has 0 aliphatic rings. The third-order valence-corrected chi connectivity index (χ3v) is 3.77. The molecule has 0 aliphatic carbocycles. The van der Waals surface area contributed by atoms with Crippen molar-refractivity contribution < 1.29 is 8.42 Å². The standard InChI is InChI=1S/C9H22N2O2S/c1-7(2)10-6-9(5)14(12,13)11-8(3)4/h7-11H,6H2,1-5H3. The Morgan fingerprint density at radius 2 is 1.50 bits per heavy atom. The molecule has 86 valence electrons. The molecule has 14 heavy (non-hydrogen) atoms. The Kier molecular flexibility index (Phi) is 5.63. The van der Waals surface area contributed by atoms with Crippen molar-refractivity contribution in [2.75, 3.05) is 6.54 Å². The third-order valence-electron chi connectivity index (χ3n) is 1.74. The van der Waals surface area contributed by atoms with E-state index in [1.165, 1.54) is 0 Å². The minimum absolute atomic E-state index is 0.0403. The zero-order chi connectivity index (χ0) is 11.4. The minimum Gasteiger partial charge on any atom is -0.313 e. The maximum Gasteiger partial charge on any atom is 0.215 e. The molecule has 1 atom stereocenters. The summed E-state index contributed by atoms with van der Waals surface area (Å²) in [5, 5.41) is 2.71. The second-order valence-electron chi connectivity index (χ2n) is 4.19. The van der Waals surface area contributed by atoms with Crippen molar-refractivity contribution in [1.29, 1.82) is 0 Å². The van der Waals surface area contributed by atoms with E-state index in [1.807, 2.05) is 27.7 Å². The molecule has 0 saturated heterocycles. The molecule has 2 N–H and O–H groups in total. The molecule has 5 heteroatoms. The topological polar surface area (TPSA) is 58.2 Å². The van der Waals surface area contributed by atoms with E-state index in [0.29, 0.717) is 12.6 Å². The lowest BCUT2D eigenvalue weighted by molar-refractivity contribution is 0.533. The number of rotatable bonds is 6. The van der Waals surface area contributed by atoms with Crippen LogP contribution in [0.15, 0.2) is 0 Å². The average Bonchev–Trinajstić information content (AvgIpc) is 1.97. The first-order valence-electron chi connectivity index (χ1n) is 5.00. The Morgan fingerprint density at radius 1 is 1.00 bits per heavy atom. The SMILES string of the molecule is CC(C)NCC(C)S(=O)(=O)NC(C)C. The van der Waals surface area contributed by atoms with Crippen molar-refractivity contribution in [2.45, 2.75) is 52.0 Å². The van der Waals surface area contributed by atoms with Crippen LogP contribution in [0.25, 0.3) is 0 Å². The molecule has 0 aromatic rings. The Labute approximate surface area is 87.5 Å². The fraction of sp³-hybridized carbons (Fsp3) is 1.00. The van der Waals surface area contributed by atoms with E-state index in [0.717, 1.165) is 0 Å². The molecule has 0 amide bonds. The van der Waals surface area contributed by atoms with Crippen LogP contribution in [-0.2, 0) is 10.0 Å². The van der Waals surface area contributed by atoms with Gasteiger partial charge in [0, 0.05) is 18.6 Å². The number of hydrogen-bond donors (Lipinski definition) is 2. The van der Waals surface area contributed by atoms with Crippen molar-refractivity contribution in [1.82, 2.24) is 10.0 Å². The summed E-state index contributed by atoms with van der Waals surface area (Å²) < 4.78 is 25.8. The van der Waals surface area contributed by atoms with Gasteiger partial charge in [-0.2, -0.15) is 0 Å². The van der Waals surface area contributed by atoms with Crippen LogP contribution in [0.4, 0.5) is 0 Å². The second-order valence-corrected chi connectivity index (χ2v) is 6.32. The monoisotopic (exact) mass is 222 g/mol. The second kappa shape index (κ2) is 5.68. The van der Waals surface area contributed by atoms with Gasteiger partial charge in [-0.15, -0.1) is 0 Å². The van der Waals surface area contributed by atoms with Gasteiger partial charge in [-0.05, 0) is 20.8 Å². The molecular weight excluding hydrogens is 200 g/mol. The molecule has 0 bridgehead atoms. The molecule has 0 saturated carbocycles. The van der Waals surface area contributed by atoms with Crippen LogP contribution in [0.3, 0.4) is 0 Å². The van der Waals surface area contributed by atoms with Gasteiger partial charge in [0.15, 0.2) is 0 Å². The van der Waals surface area contributed by atoms with Gasteiger partial charge < -0.3 is 5.32 Å². The maximum absolute atomic E-state index is 11.6. The average molecular weight is 222 g/mol. The van der Waals surface area contributed by atoms with E-state index < -0.39 is 15.3 Å². The van der Waals surface area contributed by atoms with Crippen LogP contribution in [0.1, 0.15) is 34.6 Å². The highest BCUT2D eigenvalue weighted by molar-refractivity contribution is 7.90. The Bertz CT molecular complexity index is 248. The van der Waals surface area contributed by atoms with Crippen LogP contribution in [0.2, 0.25) is 0 Å². The van der Waals surface area contributed by atoms with Crippen LogP contribution in [0, 0.1) is 0 Å². The lowest BCUT2D eigenvalue weighted by Gasteiger charge is -2.17. The normalized spacial score (nSPS) is 15.1. The van der Waals surface area contributed by atoms with Gasteiger partial charge in [0.1, 0.15) is 0 Å². The molecule has 0 fully saturated rings. The van der Waals surface area contributed by atoms with E-state index in [9.17, 15) is 8.42 Å². The van der Waals surface area contributed by atoms with E-state index in [2.05, 4.69) is 10.0 Å². The largest absolute Gasteiger partial charge is 0.313 e. The fourth-order valence-corrected chi connectivity index (χ4v) is 2.16. The van der Waals surface area contributed by atoms with E-state index in [4.69, 9.17) is 0 Å². The van der Waals surface area contributed by atoms with Crippen LogP contribution in [0.5, 0.6) is 0 Å². The molecule has 0 spiro atoms. The molecule has 0 aromatic heterocycles. The van der Waals surface area contributed by atoms with Crippen molar-refractivity contribution >= 4 is 10.0 Å². The zero-order valence-electron chi connectivity index (χ0n) is 9.66. The Balaban J connectivity index is 4.15. The highest BCUT2D eigenvalue weighted by Crippen LogP contribution is 1.98. The van der Waals surface area contributed by atoms with Crippen LogP contribution < -0.4 is 10.0 Å². The van der Waals surface area contributed by atoms with Gasteiger partial charge in [0.05, 0.1) is 5.25 Å². The van der Waals surface area contributed by atoms with Gasteiger partial charge in [-0.3, -0.25) is 0 Å². The lowest BCUT2D eigenvalue weighted by Crippen LogP contribution is -2.43. The maximum atomic E-state index is 11.6. The molecular formula is C9H22N2O2S. The van der Waals surface area contributed by atoms with Crippen molar-refractivity contribution in [2.24, 2.45) is 0 Å². The van der Waals surface area contributed by atoms with Gasteiger partial charge in [0.25, 0.3) is 0 Å². The quantitative estimate of drug-likeness (QED) is 0.695. The molecule has 0 radical (unpaired) electrons. The van der Waals surface area contributed by atoms with Crippen LogP contribution in [-0.4, -0.2) is 32.3 Å².